The summed E-state index contributed by atoms with van der Waals surface area (Å²) in [6.45, 7) is 1.86. The maximum atomic E-state index is 12.8. The minimum Gasteiger partial charge on any atom is -0.478 e. The maximum absolute atomic E-state index is 12.8. The van der Waals surface area contributed by atoms with E-state index in [1.54, 1.807) is 22.9 Å². The van der Waals surface area contributed by atoms with Gasteiger partial charge < -0.3 is 10.0 Å². The number of fused-ring (bicyclic) bond motifs is 1. The Kier molecular flexibility index (Phi) is 5.06. The lowest BCUT2D eigenvalue weighted by molar-refractivity contribution is -0.132. The molecule has 1 fully saturated rings. The molecule has 3 aromatic rings. The number of nitrogens with zero attached hydrogens (tertiary/aromatic N) is 4. The highest BCUT2D eigenvalue weighted by Gasteiger charge is 2.25. The van der Waals surface area contributed by atoms with E-state index in [4.69, 9.17) is 0 Å². The molecule has 0 aliphatic carbocycles. The van der Waals surface area contributed by atoms with E-state index in [2.05, 4.69) is 10.3 Å². The highest BCUT2D eigenvalue weighted by Crippen LogP contribution is 2.28. The minimum atomic E-state index is -0.925. The number of para-hydroxylation sites is 1. The largest absolute Gasteiger partial charge is 0.478 e. The molecule has 1 amide bonds. The van der Waals surface area contributed by atoms with Crippen LogP contribution < -0.4 is 0 Å². The molecular weight excluding hydrogens is 356 g/mol. The summed E-state index contributed by atoms with van der Waals surface area (Å²) in [4.78, 5) is 25.9. The molecule has 1 aliphatic heterocycles. The number of rotatable bonds is 5. The Balaban J connectivity index is 1.40. The highest BCUT2D eigenvalue weighted by molar-refractivity contribution is 5.87. The molecule has 7 heteroatoms. The van der Waals surface area contributed by atoms with Crippen molar-refractivity contribution in [2.45, 2.75) is 31.7 Å². The van der Waals surface area contributed by atoms with E-state index < -0.39 is 5.97 Å². The number of carbonyl (C=O) groups is 2. The second-order valence-corrected chi connectivity index (χ2v) is 7.16. The van der Waals surface area contributed by atoms with E-state index in [1.807, 2.05) is 35.2 Å². The Hall–Kier alpha value is -3.22. The van der Waals surface area contributed by atoms with Crippen molar-refractivity contribution in [3.05, 3.63) is 59.7 Å². The number of aromatic nitrogens is 3. The Morgan fingerprint density at radius 2 is 2.00 bits per heavy atom. The number of hydrogen-bond acceptors (Lipinski definition) is 4. The summed E-state index contributed by atoms with van der Waals surface area (Å²) in [5.74, 6) is -0.659. The summed E-state index contributed by atoms with van der Waals surface area (Å²) in [5, 5.41) is 17.5. The molecule has 1 saturated heterocycles. The number of hydrogen-bond donors (Lipinski definition) is 1. The SMILES string of the molecule is O=C(O)c1cccc([C@H]2CCCN(C(=O)CCn3nnc4ccccc43)C2)c1. The first-order chi connectivity index (χ1) is 13.6. The van der Waals surface area contributed by atoms with Crippen LogP contribution in [-0.4, -0.2) is 50.0 Å². The van der Waals surface area contributed by atoms with Crippen LogP contribution in [0.1, 0.15) is 41.1 Å². The van der Waals surface area contributed by atoms with Crippen LogP contribution in [0.2, 0.25) is 0 Å². The van der Waals surface area contributed by atoms with Crippen molar-refractivity contribution in [2.24, 2.45) is 0 Å². The van der Waals surface area contributed by atoms with Crippen LogP contribution in [0.3, 0.4) is 0 Å². The number of aryl methyl sites for hydroxylation is 1. The topological polar surface area (TPSA) is 88.3 Å². The predicted octanol–water partition coefficient (Wildman–Crippen LogP) is 2.93. The van der Waals surface area contributed by atoms with Crippen molar-refractivity contribution in [3.8, 4) is 0 Å². The van der Waals surface area contributed by atoms with Gasteiger partial charge in [-0.2, -0.15) is 0 Å². The normalized spacial score (nSPS) is 17.0. The smallest absolute Gasteiger partial charge is 0.335 e. The zero-order valence-electron chi connectivity index (χ0n) is 15.5. The molecule has 7 nitrogen and oxygen atoms in total. The molecule has 4 rings (SSSR count). The molecule has 2 heterocycles. The fourth-order valence-corrected chi connectivity index (χ4v) is 3.84. The van der Waals surface area contributed by atoms with Gasteiger partial charge in [0.25, 0.3) is 0 Å². The molecule has 0 radical (unpaired) electrons. The van der Waals surface area contributed by atoms with Gasteiger partial charge in [-0.15, -0.1) is 5.10 Å². The molecule has 1 aliphatic rings. The number of amides is 1. The van der Waals surface area contributed by atoms with Crippen molar-refractivity contribution in [1.82, 2.24) is 19.9 Å². The van der Waals surface area contributed by atoms with Gasteiger partial charge >= 0.3 is 5.97 Å². The Labute approximate surface area is 162 Å². The highest BCUT2D eigenvalue weighted by atomic mass is 16.4. The van der Waals surface area contributed by atoms with E-state index >= 15 is 0 Å². The van der Waals surface area contributed by atoms with Gasteiger partial charge in [0.05, 0.1) is 17.6 Å². The third-order valence-electron chi connectivity index (χ3n) is 5.34. The number of piperidine rings is 1. The fourth-order valence-electron chi connectivity index (χ4n) is 3.84. The predicted molar refractivity (Wildman–Crippen MR) is 104 cm³/mol. The summed E-state index contributed by atoms with van der Waals surface area (Å²) in [6.07, 6.45) is 2.25. The van der Waals surface area contributed by atoms with E-state index in [1.165, 1.54) is 0 Å². The third-order valence-corrected chi connectivity index (χ3v) is 5.34. The molecular formula is C21H22N4O3. The zero-order valence-corrected chi connectivity index (χ0v) is 15.5. The summed E-state index contributed by atoms with van der Waals surface area (Å²) in [6, 6.07) is 14.8. The second-order valence-electron chi connectivity index (χ2n) is 7.16. The number of carboxylic acids is 1. The maximum Gasteiger partial charge on any atom is 0.335 e. The van der Waals surface area contributed by atoms with Gasteiger partial charge in [0.1, 0.15) is 5.52 Å². The van der Waals surface area contributed by atoms with E-state index in [0.29, 0.717) is 25.1 Å². The summed E-state index contributed by atoms with van der Waals surface area (Å²) >= 11 is 0. The zero-order chi connectivity index (χ0) is 19.5. The second kappa shape index (κ2) is 7.80. The average molecular weight is 378 g/mol. The number of carboxylic acid groups (broad SMARTS) is 1. The lowest BCUT2D eigenvalue weighted by Gasteiger charge is -2.33. The third kappa shape index (κ3) is 3.74. The van der Waals surface area contributed by atoms with Gasteiger partial charge in [-0.25, -0.2) is 9.48 Å². The van der Waals surface area contributed by atoms with Crippen LogP contribution in [-0.2, 0) is 11.3 Å². The average Bonchev–Trinajstić information content (AvgIpc) is 3.15. The van der Waals surface area contributed by atoms with Crippen molar-refractivity contribution in [3.63, 3.8) is 0 Å². The van der Waals surface area contributed by atoms with Crippen LogP contribution in [0, 0.1) is 0 Å². The van der Waals surface area contributed by atoms with Gasteiger partial charge in [-0.05, 0) is 42.7 Å². The quantitative estimate of drug-likeness (QED) is 0.737. The molecule has 1 aromatic heterocycles. The number of benzene rings is 2. The molecule has 0 spiro atoms. The molecule has 144 valence electrons. The first kappa shape index (κ1) is 18.2. The van der Waals surface area contributed by atoms with Crippen LogP contribution in [0.4, 0.5) is 0 Å². The van der Waals surface area contributed by atoms with Crippen LogP contribution in [0.15, 0.2) is 48.5 Å². The minimum absolute atomic E-state index is 0.0960. The van der Waals surface area contributed by atoms with Crippen LogP contribution >= 0.6 is 0 Å². The number of carbonyl (C=O) groups excluding carboxylic acids is 1. The fraction of sp³-hybridized carbons (Fsp3) is 0.333. The molecule has 0 unspecified atom stereocenters. The first-order valence-electron chi connectivity index (χ1n) is 9.51. The molecule has 1 atom stereocenters. The number of likely N-dealkylation sites (tertiary alicyclic amines) is 1. The molecule has 0 saturated carbocycles. The summed E-state index contributed by atoms with van der Waals surface area (Å²) in [5.41, 5.74) is 3.03. The summed E-state index contributed by atoms with van der Waals surface area (Å²) < 4.78 is 1.77. The molecule has 0 bridgehead atoms. The van der Waals surface area contributed by atoms with Gasteiger partial charge in [0.2, 0.25) is 5.91 Å². The van der Waals surface area contributed by atoms with Crippen molar-refractivity contribution < 1.29 is 14.7 Å². The van der Waals surface area contributed by atoms with Crippen molar-refractivity contribution in [2.75, 3.05) is 13.1 Å². The Bertz CT molecular complexity index is 1010. The summed E-state index contributed by atoms with van der Waals surface area (Å²) in [7, 11) is 0. The van der Waals surface area contributed by atoms with Crippen LogP contribution in [0.25, 0.3) is 11.0 Å². The van der Waals surface area contributed by atoms with Crippen molar-refractivity contribution >= 4 is 22.9 Å². The Morgan fingerprint density at radius 3 is 2.86 bits per heavy atom. The molecule has 2 aromatic carbocycles. The van der Waals surface area contributed by atoms with Gasteiger partial charge in [-0.1, -0.05) is 29.5 Å². The monoisotopic (exact) mass is 378 g/mol. The standard InChI is InChI=1S/C21H22N4O3/c26-20(10-12-25-19-9-2-1-8-18(19)22-23-25)24-11-4-7-17(14-24)15-5-3-6-16(13-15)21(27)28/h1-3,5-6,8-9,13,17H,4,7,10-12,14H2,(H,27,28)/t17-/m0/s1. The molecule has 1 N–H and O–H groups in total. The van der Waals surface area contributed by atoms with Crippen molar-refractivity contribution in [1.29, 1.82) is 0 Å². The van der Waals surface area contributed by atoms with E-state index in [-0.39, 0.29) is 11.8 Å². The van der Waals surface area contributed by atoms with E-state index in [0.717, 1.165) is 36.0 Å². The van der Waals surface area contributed by atoms with Crippen LogP contribution in [0.5, 0.6) is 0 Å². The van der Waals surface area contributed by atoms with E-state index in [9.17, 15) is 14.7 Å². The molecule has 28 heavy (non-hydrogen) atoms. The first-order valence-corrected chi connectivity index (χ1v) is 9.51. The Morgan fingerprint density at radius 1 is 1.14 bits per heavy atom. The lowest BCUT2D eigenvalue weighted by Crippen LogP contribution is -2.39. The lowest BCUT2D eigenvalue weighted by atomic mass is 9.89. The van der Waals surface area contributed by atoms with Gasteiger partial charge in [-0.3, -0.25) is 4.79 Å². The van der Waals surface area contributed by atoms with Gasteiger partial charge in [0.15, 0.2) is 0 Å². The number of aromatic carboxylic acids is 1. The van der Waals surface area contributed by atoms with Gasteiger partial charge in [0, 0.05) is 25.4 Å².